The third kappa shape index (κ3) is 5.48. The van der Waals surface area contributed by atoms with Crippen LogP contribution in [0.1, 0.15) is 25.0 Å². The van der Waals surface area contributed by atoms with Gasteiger partial charge >= 0.3 is 12.0 Å². The van der Waals surface area contributed by atoms with Crippen LogP contribution in [0, 0.1) is 0 Å². The van der Waals surface area contributed by atoms with Gasteiger partial charge in [-0.3, -0.25) is 10.1 Å². The van der Waals surface area contributed by atoms with Crippen molar-refractivity contribution in [2.75, 3.05) is 7.05 Å². The topological polar surface area (TPSA) is 84.5 Å². The molecule has 0 fully saturated rings. The first-order valence-electron chi connectivity index (χ1n) is 6.53. The van der Waals surface area contributed by atoms with Gasteiger partial charge in [-0.25, -0.2) is 9.59 Å². The predicted molar refractivity (Wildman–Crippen MR) is 77.3 cm³/mol. The Morgan fingerprint density at radius 2 is 1.90 bits per heavy atom. The maximum Gasteiger partial charge on any atom is 0.331 e. The summed E-state index contributed by atoms with van der Waals surface area (Å²) >= 11 is 0. The summed E-state index contributed by atoms with van der Waals surface area (Å²) in [6, 6.07) is 7.82. The molecule has 0 spiro atoms. The lowest BCUT2D eigenvalue weighted by Crippen LogP contribution is -2.41. The molecule has 3 amide bonds. The molecule has 0 aliphatic carbocycles. The molecular weight excluding hydrogens is 272 g/mol. The molecule has 0 aromatic heterocycles. The van der Waals surface area contributed by atoms with Crippen molar-refractivity contribution in [1.82, 2.24) is 10.6 Å². The van der Waals surface area contributed by atoms with E-state index < -0.39 is 24.0 Å². The maximum absolute atomic E-state index is 12.0. The van der Waals surface area contributed by atoms with Crippen molar-refractivity contribution in [3.05, 3.63) is 48.0 Å². The molecule has 0 aliphatic rings. The summed E-state index contributed by atoms with van der Waals surface area (Å²) in [7, 11) is 1.39. The van der Waals surface area contributed by atoms with Gasteiger partial charge in [-0.2, -0.15) is 0 Å². The second-order valence-electron chi connectivity index (χ2n) is 4.11. The Labute approximate surface area is 123 Å². The van der Waals surface area contributed by atoms with Gasteiger partial charge in [0.15, 0.2) is 0 Å². The van der Waals surface area contributed by atoms with Crippen LogP contribution in [-0.4, -0.2) is 25.0 Å². The molecule has 112 valence electrons. The Morgan fingerprint density at radius 3 is 2.48 bits per heavy atom. The van der Waals surface area contributed by atoms with Crippen LogP contribution >= 0.6 is 0 Å². The number of imide groups is 1. The lowest BCUT2D eigenvalue weighted by molar-refractivity contribution is -0.151. The molecule has 21 heavy (non-hydrogen) atoms. The van der Waals surface area contributed by atoms with E-state index in [2.05, 4.69) is 10.6 Å². The van der Waals surface area contributed by atoms with Gasteiger partial charge in [0, 0.05) is 18.7 Å². The zero-order chi connectivity index (χ0) is 15.7. The van der Waals surface area contributed by atoms with E-state index >= 15 is 0 Å². The van der Waals surface area contributed by atoms with Gasteiger partial charge < -0.3 is 10.1 Å². The molecule has 0 bridgehead atoms. The van der Waals surface area contributed by atoms with Crippen molar-refractivity contribution in [3.63, 3.8) is 0 Å². The minimum atomic E-state index is -1.18. The van der Waals surface area contributed by atoms with E-state index in [1.54, 1.807) is 36.4 Å². The summed E-state index contributed by atoms with van der Waals surface area (Å²) in [6.45, 7) is 1.87. The number of benzene rings is 1. The summed E-state index contributed by atoms with van der Waals surface area (Å²) in [5, 5.41) is 4.36. The quantitative estimate of drug-likeness (QED) is 0.638. The van der Waals surface area contributed by atoms with E-state index in [9.17, 15) is 14.4 Å². The van der Waals surface area contributed by atoms with E-state index in [4.69, 9.17) is 4.74 Å². The molecule has 1 aromatic rings. The standard InChI is InChI=1S/C15H18N2O4/c1-3-4-10-12(18)21-13(11-8-6-5-7-9-11)14(19)17-15(20)16-2/h4-10,13H,3H2,1-2H3,(H2,16,17,19,20)/b10-4+/t13-/m0/s1. The Morgan fingerprint density at radius 1 is 1.24 bits per heavy atom. The van der Waals surface area contributed by atoms with E-state index in [-0.39, 0.29) is 0 Å². The molecule has 1 atom stereocenters. The van der Waals surface area contributed by atoms with Crippen molar-refractivity contribution in [2.24, 2.45) is 0 Å². The first kappa shape index (κ1) is 16.4. The van der Waals surface area contributed by atoms with Crippen LogP contribution in [0.5, 0.6) is 0 Å². The zero-order valence-electron chi connectivity index (χ0n) is 12.0. The lowest BCUT2D eigenvalue weighted by Gasteiger charge is -2.16. The third-order valence-electron chi connectivity index (χ3n) is 2.53. The van der Waals surface area contributed by atoms with E-state index in [0.717, 1.165) is 0 Å². The smallest absolute Gasteiger partial charge is 0.331 e. The number of amides is 3. The van der Waals surface area contributed by atoms with Crippen LogP contribution in [0.25, 0.3) is 0 Å². The van der Waals surface area contributed by atoms with Crippen LogP contribution in [0.15, 0.2) is 42.5 Å². The summed E-state index contributed by atoms with van der Waals surface area (Å²) in [5.74, 6) is -1.35. The highest BCUT2D eigenvalue weighted by molar-refractivity contribution is 5.98. The highest BCUT2D eigenvalue weighted by Gasteiger charge is 2.25. The van der Waals surface area contributed by atoms with E-state index in [1.807, 2.05) is 6.92 Å². The number of rotatable bonds is 5. The Balaban J connectivity index is 2.90. The predicted octanol–water partition coefficient (Wildman–Crippen LogP) is 1.69. The molecule has 0 unspecified atom stereocenters. The molecular formula is C15H18N2O4. The maximum atomic E-state index is 12.0. The first-order chi connectivity index (χ1) is 10.1. The number of carbonyl (C=O) groups is 3. The number of urea groups is 1. The van der Waals surface area contributed by atoms with Crippen LogP contribution in [0.2, 0.25) is 0 Å². The fraction of sp³-hybridized carbons (Fsp3) is 0.267. The second-order valence-corrected chi connectivity index (χ2v) is 4.11. The van der Waals surface area contributed by atoms with Gasteiger partial charge in [0.1, 0.15) is 0 Å². The zero-order valence-corrected chi connectivity index (χ0v) is 12.0. The lowest BCUT2D eigenvalue weighted by atomic mass is 10.1. The monoisotopic (exact) mass is 290 g/mol. The van der Waals surface area contributed by atoms with Crippen LogP contribution in [0.4, 0.5) is 4.79 Å². The molecule has 0 heterocycles. The molecule has 0 saturated heterocycles. The molecule has 2 N–H and O–H groups in total. The molecule has 0 saturated carbocycles. The van der Waals surface area contributed by atoms with Crippen LogP contribution in [0.3, 0.4) is 0 Å². The fourth-order valence-electron chi connectivity index (χ4n) is 1.51. The number of hydrogen-bond acceptors (Lipinski definition) is 4. The van der Waals surface area contributed by atoms with Gasteiger partial charge in [-0.05, 0) is 6.42 Å². The molecule has 6 nitrogen and oxygen atoms in total. The van der Waals surface area contributed by atoms with E-state index in [1.165, 1.54) is 13.1 Å². The summed E-state index contributed by atoms with van der Waals surface area (Å²) in [4.78, 5) is 34.9. The van der Waals surface area contributed by atoms with Gasteiger partial charge in [-0.1, -0.05) is 43.3 Å². The van der Waals surface area contributed by atoms with E-state index in [0.29, 0.717) is 12.0 Å². The SMILES string of the molecule is CC/C=C/C(=O)O[C@H](C(=O)NC(=O)NC)c1ccccc1. The summed E-state index contributed by atoms with van der Waals surface area (Å²) in [5.41, 5.74) is 0.483. The Hall–Kier alpha value is -2.63. The van der Waals surface area contributed by atoms with Crippen molar-refractivity contribution in [2.45, 2.75) is 19.4 Å². The minimum absolute atomic E-state index is 0.483. The molecule has 1 rings (SSSR count). The fourth-order valence-corrected chi connectivity index (χ4v) is 1.51. The van der Waals surface area contributed by atoms with Crippen molar-refractivity contribution < 1.29 is 19.1 Å². The number of esters is 1. The molecule has 1 aromatic carbocycles. The number of nitrogens with one attached hydrogen (secondary N) is 2. The van der Waals surface area contributed by atoms with Crippen molar-refractivity contribution >= 4 is 17.9 Å². The molecule has 0 radical (unpaired) electrons. The highest BCUT2D eigenvalue weighted by Crippen LogP contribution is 2.17. The second kappa shape index (κ2) is 8.52. The third-order valence-corrected chi connectivity index (χ3v) is 2.53. The van der Waals surface area contributed by atoms with Crippen LogP contribution < -0.4 is 10.6 Å². The first-order valence-corrected chi connectivity index (χ1v) is 6.53. The highest BCUT2D eigenvalue weighted by atomic mass is 16.5. The average molecular weight is 290 g/mol. The Kier molecular flexibility index (Phi) is 6.67. The van der Waals surface area contributed by atoms with Gasteiger partial charge in [0.25, 0.3) is 5.91 Å². The Bertz CT molecular complexity index is 526. The minimum Gasteiger partial charge on any atom is -0.444 e. The van der Waals surface area contributed by atoms with Crippen molar-refractivity contribution in [3.8, 4) is 0 Å². The number of allylic oxidation sites excluding steroid dienone is 1. The van der Waals surface area contributed by atoms with Gasteiger partial charge in [-0.15, -0.1) is 0 Å². The van der Waals surface area contributed by atoms with Crippen LogP contribution in [-0.2, 0) is 14.3 Å². The molecule has 6 heteroatoms. The summed E-state index contributed by atoms with van der Waals surface area (Å²) in [6.07, 6.45) is 2.37. The largest absolute Gasteiger partial charge is 0.444 e. The average Bonchev–Trinajstić information content (AvgIpc) is 2.51. The normalized spacial score (nSPS) is 11.7. The molecule has 0 aliphatic heterocycles. The van der Waals surface area contributed by atoms with Crippen molar-refractivity contribution in [1.29, 1.82) is 0 Å². The number of ether oxygens (including phenoxy) is 1. The van der Waals surface area contributed by atoms with Gasteiger partial charge in [0.05, 0.1) is 0 Å². The number of hydrogen-bond donors (Lipinski definition) is 2. The van der Waals surface area contributed by atoms with Gasteiger partial charge in [0.2, 0.25) is 6.10 Å². The summed E-state index contributed by atoms with van der Waals surface area (Å²) < 4.78 is 5.13. The number of carbonyl (C=O) groups excluding carboxylic acids is 3.